The van der Waals surface area contributed by atoms with Gasteiger partial charge in [-0.15, -0.1) is 0 Å². The number of carbonyl (C=O) groups is 1. The summed E-state index contributed by atoms with van der Waals surface area (Å²) in [4.78, 5) is 18.2. The van der Waals surface area contributed by atoms with E-state index in [2.05, 4.69) is 20.6 Å². The van der Waals surface area contributed by atoms with Crippen LogP contribution in [0.5, 0.6) is 0 Å². The van der Waals surface area contributed by atoms with E-state index in [4.69, 9.17) is 10.2 Å². The lowest BCUT2D eigenvalue weighted by molar-refractivity contribution is 0.0972. The van der Waals surface area contributed by atoms with Crippen LogP contribution in [-0.2, 0) is 13.0 Å². The van der Waals surface area contributed by atoms with Gasteiger partial charge >= 0.3 is 0 Å². The second-order valence-corrected chi connectivity index (χ2v) is 5.74. The number of primary amides is 1. The fourth-order valence-corrected chi connectivity index (χ4v) is 2.68. The van der Waals surface area contributed by atoms with E-state index < -0.39 is 5.91 Å². The molecule has 0 unspecified atom stereocenters. The lowest BCUT2D eigenvalue weighted by Crippen LogP contribution is -2.37. The molecule has 26 heavy (non-hydrogen) atoms. The summed E-state index contributed by atoms with van der Waals surface area (Å²) < 4.78 is 18.5. The molecule has 1 amide bonds. The van der Waals surface area contributed by atoms with Crippen molar-refractivity contribution in [1.82, 2.24) is 15.6 Å². The number of guanidine groups is 1. The molecule has 0 aliphatic carbocycles. The molecule has 0 spiro atoms. The van der Waals surface area contributed by atoms with E-state index in [1.807, 2.05) is 6.20 Å². The maximum atomic E-state index is 13.2. The zero-order valence-corrected chi connectivity index (χ0v) is 14.3. The summed E-state index contributed by atoms with van der Waals surface area (Å²) in [5.74, 6) is 0.456. The molecule has 2 heterocycles. The molecular weight excluding hydrogens is 337 g/mol. The number of hydrogen-bond donors (Lipinski definition) is 4. The second-order valence-electron chi connectivity index (χ2n) is 5.74. The van der Waals surface area contributed by atoms with Crippen LogP contribution in [-0.4, -0.2) is 30.4 Å². The van der Waals surface area contributed by atoms with E-state index >= 15 is 0 Å². The van der Waals surface area contributed by atoms with Crippen LogP contribution in [0.2, 0.25) is 0 Å². The average molecular weight is 357 g/mol. The second kappa shape index (κ2) is 7.73. The van der Waals surface area contributed by atoms with Crippen molar-refractivity contribution in [3.05, 3.63) is 59.4 Å². The van der Waals surface area contributed by atoms with Crippen LogP contribution in [0, 0.1) is 5.82 Å². The molecule has 0 fully saturated rings. The first-order valence-electron chi connectivity index (χ1n) is 8.15. The van der Waals surface area contributed by atoms with Crippen molar-refractivity contribution < 1.29 is 13.6 Å². The lowest BCUT2D eigenvalue weighted by atomic mass is 10.1. The molecule has 0 saturated heterocycles. The summed E-state index contributed by atoms with van der Waals surface area (Å²) >= 11 is 0. The quantitative estimate of drug-likeness (QED) is 0.399. The van der Waals surface area contributed by atoms with Gasteiger partial charge < -0.3 is 25.8 Å². The third-order valence-corrected chi connectivity index (χ3v) is 3.97. The standard InChI is InChI=1S/C18H20FN5O2/c1-21-18(24-10-13-3-5-16(26-13)17(20)25)22-7-6-11-9-23-15-8-12(19)2-4-14(11)15/h2-5,8-9,23H,6-7,10H2,1H3,(H2,20,25)(H2,21,22,24). The molecular formula is C18H20FN5O2. The van der Waals surface area contributed by atoms with Crippen molar-refractivity contribution >= 4 is 22.8 Å². The van der Waals surface area contributed by atoms with Gasteiger partial charge in [-0.3, -0.25) is 9.79 Å². The fourth-order valence-electron chi connectivity index (χ4n) is 2.68. The molecule has 1 aromatic carbocycles. The number of nitrogens with zero attached hydrogens (tertiary/aromatic N) is 1. The Balaban J connectivity index is 1.51. The molecule has 5 N–H and O–H groups in total. The summed E-state index contributed by atoms with van der Waals surface area (Å²) in [6.07, 6.45) is 2.63. The smallest absolute Gasteiger partial charge is 0.284 e. The van der Waals surface area contributed by atoms with E-state index in [0.717, 1.165) is 22.9 Å². The van der Waals surface area contributed by atoms with Crippen LogP contribution >= 0.6 is 0 Å². The number of amides is 1. The SMILES string of the molecule is CN=C(NCCc1c[nH]c2cc(F)ccc12)NCc1ccc(C(N)=O)o1. The Morgan fingerprint density at radius 3 is 2.88 bits per heavy atom. The number of H-pyrrole nitrogens is 1. The number of carbonyl (C=O) groups excluding carboxylic acids is 1. The number of rotatable bonds is 6. The highest BCUT2D eigenvalue weighted by atomic mass is 19.1. The number of nitrogens with two attached hydrogens (primary N) is 1. The van der Waals surface area contributed by atoms with Crippen molar-refractivity contribution in [3.63, 3.8) is 0 Å². The average Bonchev–Trinajstić information content (AvgIpc) is 3.25. The van der Waals surface area contributed by atoms with E-state index in [0.29, 0.717) is 24.8 Å². The van der Waals surface area contributed by atoms with Gasteiger partial charge in [-0.25, -0.2) is 4.39 Å². The highest BCUT2D eigenvalue weighted by molar-refractivity contribution is 5.89. The monoisotopic (exact) mass is 357 g/mol. The van der Waals surface area contributed by atoms with Crippen molar-refractivity contribution in [2.75, 3.05) is 13.6 Å². The first-order chi connectivity index (χ1) is 12.6. The minimum atomic E-state index is -0.600. The Morgan fingerprint density at radius 1 is 1.31 bits per heavy atom. The van der Waals surface area contributed by atoms with E-state index in [1.165, 1.54) is 18.2 Å². The molecule has 3 aromatic rings. The zero-order valence-electron chi connectivity index (χ0n) is 14.3. The molecule has 2 aromatic heterocycles. The first-order valence-corrected chi connectivity index (χ1v) is 8.15. The van der Waals surface area contributed by atoms with Gasteiger partial charge in [-0.2, -0.15) is 0 Å². The molecule has 0 radical (unpaired) electrons. The molecule has 0 aliphatic rings. The van der Waals surface area contributed by atoms with E-state index in [-0.39, 0.29) is 11.6 Å². The van der Waals surface area contributed by atoms with Gasteiger partial charge in [0.2, 0.25) is 0 Å². The molecule has 0 atom stereocenters. The third kappa shape index (κ3) is 4.02. The molecule has 3 rings (SSSR count). The Hall–Kier alpha value is -3.29. The van der Waals surface area contributed by atoms with Gasteiger partial charge in [0.05, 0.1) is 6.54 Å². The topological polar surface area (TPSA) is 108 Å². The van der Waals surface area contributed by atoms with E-state index in [1.54, 1.807) is 19.2 Å². The summed E-state index contributed by atoms with van der Waals surface area (Å²) in [6.45, 7) is 1.02. The Morgan fingerprint density at radius 2 is 2.15 bits per heavy atom. The minimum Gasteiger partial charge on any atom is -0.454 e. The number of nitrogens with one attached hydrogen (secondary N) is 3. The number of aromatic nitrogens is 1. The molecule has 136 valence electrons. The summed E-state index contributed by atoms with van der Waals surface area (Å²) in [6, 6.07) is 7.94. The van der Waals surface area contributed by atoms with E-state index in [9.17, 15) is 9.18 Å². The lowest BCUT2D eigenvalue weighted by Gasteiger charge is -2.10. The zero-order chi connectivity index (χ0) is 18.5. The number of fused-ring (bicyclic) bond motifs is 1. The van der Waals surface area contributed by atoms with Crippen LogP contribution in [0.15, 0.2) is 45.9 Å². The van der Waals surface area contributed by atoms with Crippen LogP contribution in [0.3, 0.4) is 0 Å². The molecule has 0 saturated carbocycles. The fraction of sp³-hybridized carbons (Fsp3) is 0.222. The Kier molecular flexibility index (Phi) is 5.21. The number of aromatic amines is 1. The highest BCUT2D eigenvalue weighted by Gasteiger charge is 2.08. The Bertz CT molecular complexity index is 944. The Labute approximate surface area is 149 Å². The van der Waals surface area contributed by atoms with Crippen LogP contribution < -0.4 is 16.4 Å². The largest absolute Gasteiger partial charge is 0.454 e. The number of aliphatic imine (C=N–C) groups is 1. The van der Waals surface area contributed by atoms with Gasteiger partial charge in [-0.1, -0.05) is 0 Å². The molecule has 0 bridgehead atoms. The minimum absolute atomic E-state index is 0.125. The van der Waals surface area contributed by atoms with Gasteiger partial charge in [0.1, 0.15) is 11.6 Å². The highest BCUT2D eigenvalue weighted by Crippen LogP contribution is 2.19. The molecule has 0 aliphatic heterocycles. The summed E-state index contributed by atoms with van der Waals surface area (Å²) in [5.41, 5.74) is 7.04. The first kappa shape index (κ1) is 17.5. The third-order valence-electron chi connectivity index (χ3n) is 3.97. The maximum absolute atomic E-state index is 13.2. The van der Waals surface area contributed by atoms with Crippen molar-refractivity contribution in [2.45, 2.75) is 13.0 Å². The van der Waals surface area contributed by atoms with Crippen molar-refractivity contribution in [3.8, 4) is 0 Å². The van der Waals surface area contributed by atoms with Gasteiger partial charge in [0.25, 0.3) is 5.91 Å². The van der Waals surface area contributed by atoms with Gasteiger partial charge in [0.15, 0.2) is 11.7 Å². The van der Waals surface area contributed by atoms with Crippen LogP contribution in [0.4, 0.5) is 4.39 Å². The van der Waals surface area contributed by atoms with Crippen LogP contribution in [0.1, 0.15) is 21.9 Å². The molecule has 8 heteroatoms. The number of hydrogen-bond acceptors (Lipinski definition) is 3. The van der Waals surface area contributed by atoms with Gasteiger partial charge in [0, 0.05) is 30.7 Å². The predicted molar refractivity (Wildman–Crippen MR) is 97.4 cm³/mol. The van der Waals surface area contributed by atoms with Crippen molar-refractivity contribution in [2.24, 2.45) is 10.7 Å². The number of furan rings is 1. The molecule has 7 nitrogen and oxygen atoms in total. The maximum Gasteiger partial charge on any atom is 0.284 e. The summed E-state index contributed by atoms with van der Waals surface area (Å²) in [5, 5.41) is 7.30. The van der Waals surface area contributed by atoms with Gasteiger partial charge in [-0.05, 0) is 42.3 Å². The number of halogens is 1. The number of benzene rings is 1. The summed E-state index contributed by atoms with van der Waals surface area (Å²) in [7, 11) is 1.67. The normalized spacial score (nSPS) is 11.7. The van der Waals surface area contributed by atoms with Crippen molar-refractivity contribution in [1.29, 1.82) is 0 Å². The predicted octanol–water partition coefficient (Wildman–Crippen LogP) is 1.91. The van der Waals surface area contributed by atoms with Crippen LogP contribution in [0.25, 0.3) is 10.9 Å².